The summed E-state index contributed by atoms with van der Waals surface area (Å²) in [4.78, 5) is 8.76. The highest BCUT2D eigenvalue weighted by molar-refractivity contribution is 6.36. The maximum absolute atomic E-state index is 6.65. The summed E-state index contributed by atoms with van der Waals surface area (Å²) in [6.45, 7) is 11.2. The number of fused-ring (bicyclic) bond motifs is 2. The Morgan fingerprint density at radius 2 is 2.17 bits per heavy atom. The van der Waals surface area contributed by atoms with E-state index in [4.69, 9.17) is 16.6 Å². The van der Waals surface area contributed by atoms with Crippen LogP contribution in [0.4, 0.5) is 0 Å². The van der Waals surface area contributed by atoms with Crippen molar-refractivity contribution in [1.29, 1.82) is 0 Å². The van der Waals surface area contributed by atoms with Crippen molar-refractivity contribution in [2.75, 3.05) is 0 Å². The number of hydrogen-bond acceptors (Lipinski definition) is 2. The van der Waals surface area contributed by atoms with Gasteiger partial charge in [0.05, 0.1) is 10.5 Å². The Kier molecular flexibility index (Phi) is 4.44. The van der Waals surface area contributed by atoms with Gasteiger partial charge in [0, 0.05) is 17.3 Å². The minimum Gasteiger partial charge on any atom is -0.272 e. The predicted octanol–water partition coefficient (Wildman–Crippen LogP) is 5.41. The van der Waals surface area contributed by atoms with Crippen molar-refractivity contribution >= 4 is 35.3 Å². The molecule has 2 aromatic rings. The van der Waals surface area contributed by atoms with Gasteiger partial charge in [0.25, 0.3) is 0 Å². The molecular weight excluding hydrogens is 304 g/mol. The van der Waals surface area contributed by atoms with E-state index in [0.29, 0.717) is 5.92 Å². The van der Waals surface area contributed by atoms with Crippen molar-refractivity contribution in [3.05, 3.63) is 71.0 Å². The van der Waals surface area contributed by atoms with Crippen LogP contribution < -0.4 is 0 Å². The first kappa shape index (κ1) is 15.7. The maximum Gasteiger partial charge on any atom is 0.0726 e. The number of halogens is 1. The van der Waals surface area contributed by atoms with E-state index in [2.05, 4.69) is 24.9 Å². The van der Waals surface area contributed by atoms with Gasteiger partial charge in [0.1, 0.15) is 0 Å². The summed E-state index contributed by atoms with van der Waals surface area (Å²) in [6.07, 6.45) is 8.29. The topological polar surface area (TPSA) is 25.2 Å². The van der Waals surface area contributed by atoms with Gasteiger partial charge in [-0.2, -0.15) is 0 Å². The lowest BCUT2D eigenvalue weighted by molar-refractivity contribution is 0.525. The van der Waals surface area contributed by atoms with Gasteiger partial charge in [-0.25, -0.2) is 0 Å². The smallest absolute Gasteiger partial charge is 0.0726 e. The number of hydrogen-bond donors (Lipinski definition) is 0. The van der Waals surface area contributed by atoms with Crippen molar-refractivity contribution in [3.8, 4) is 0 Å². The average molecular weight is 323 g/mol. The van der Waals surface area contributed by atoms with Crippen LogP contribution in [0.2, 0.25) is 5.02 Å². The van der Waals surface area contributed by atoms with Crippen LogP contribution in [0.15, 0.2) is 54.2 Å². The van der Waals surface area contributed by atoms with Crippen LogP contribution in [0, 0.1) is 5.92 Å². The normalized spacial score (nSPS) is 17.6. The number of rotatable bonds is 4. The second kappa shape index (κ2) is 6.51. The summed E-state index contributed by atoms with van der Waals surface area (Å²) in [5.74, 6) is 0.370. The first-order valence-corrected chi connectivity index (χ1v) is 8.07. The molecule has 3 heteroatoms. The van der Waals surface area contributed by atoms with Gasteiger partial charge >= 0.3 is 0 Å². The second-order valence-corrected chi connectivity index (χ2v) is 6.17. The van der Waals surface area contributed by atoms with E-state index >= 15 is 0 Å². The Labute approximate surface area is 141 Å². The van der Waals surface area contributed by atoms with Gasteiger partial charge in [-0.1, -0.05) is 49.0 Å². The zero-order valence-corrected chi connectivity index (χ0v) is 13.8. The Hall–Kier alpha value is -2.19. The zero-order chi connectivity index (χ0) is 16.4. The van der Waals surface area contributed by atoms with Crippen molar-refractivity contribution in [2.24, 2.45) is 10.9 Å². The largest absolute Gasteiger partial charge is 0.272 e. The number of pyridine rings is 1. The van der Waals surface area contributed by atoms with Crippen molar-refractivity contribution in [2.45, 2.75) is 19.3 Å². The van der Waals surface area contributed by atoms with Crippen LogP contribution in [-0.2, 0) is 12.8 Å². The monoisotopic (exact) mass is 322 g/mol. The van der Waals surface area contributed by atoms with Crippen molar-refractivity contribution in [1.82, 2.24) is 4.98 Å². The summed E-state index contributed by atoms with van der Waals surface area (Å²) in [5, 5.41) is 1.85. The van der Waals surface area contributed by atoms with Crippen molar-refractivity contribution in [3.63, 3.8) is 0 Å². The minimum atomic E-state index is 0.370. The fourth-order valence-electron chi connectivity index (χ4n) is 3.25. The molecule has 0 bridgehead atoms. The number of aliphatic imine (C=N–C) groups is 1. The molecule has 0 saturated heterocycles. The molecule has 1 atom stereocenters. The highest BCUT2D eigenvalue weighted by Crippen LogP contribution is 2.37. The lowest BCUT2D eigenvalue weighted by atomic mass is 9.82. The third-order valence-electron chi connectivity index (χ3n) is 4.49. The van der Waals surface area contributed by atoms with E-state index in [1.165, 1.54) is 5.56 Å². The Morgan fingerprint density at radius 3 is 2.87 bits per heavy atom. The third-order valence-corrected chi connectivity index (χ3v) is 4.92. The van der Waals surface area contributed by atoms with Crippen LogP contribution in [0.1, 0.15) is 23.2 Å². The van der Waals surface area contributed by atoms with Gasteiger partial charge in [0.15, 0.2) is 0 Å². The number of nitrogens with zero attached hydrogens (tertiary/aromatic N) is 2. The quantitative estimate of drug-likeness (QED) is 0.546. The Bertz CT molecular complexity index is 833. The lowest BCUT2D eigenvalue weighted by Gasteiger charge is -2.26. The molecule has 1 aliphatic carbocycles. The molecule has 0 N–H and O–H groups in total. The van der Waals surface area contributed by atoms with E-state index in [1.807, 2.05) is 30.4 Å². The molecule has 0 spiro atoms. The molecule has 1 unspecified atom stereocenters. The highest BCUT2D eigenvalue weighted by Gasteiger charge is 2.24. The van der Waals surface area contributed by atoms with E-state index in [1.54, 1.807) is 6.20 Å². The molecule has 1 aliphatic rings. The van der Waals surface area contributed by atoms with E-state index in [9.17, 15) is 0 Å². The first-order chi connectivity index (χ1) is 11.2. The van der Waals surface area contributed by atoms with Crippen LogP contribution in [0.5, 0.6) is 0 Å². The first-order valence-electron chi connectivity index (χ1n) is 7.69. The Morgan fingerprint density at radius 1 is 1.35 bits per heavy atom. The number of benzene rings is 1. The van der Waals surface area contributed by atoms with Gasteiger partial charge < -0.3 is 0 Å². The number of aromatic nitrogens is 1. The second-order valence-electron chi connectivity index (χ2n) is 5.79. The van der Waals surface area contributed by atoms with Crippen LogP contribution in [0.3, 0.4) is 0 Å². The summed E-state index contributed by atoms with van der Waals surface area (Å²) in [7, 11) is 0. The van der Waals surface area contributed by atoms with Gasteiger partial charge in [-0.05, 0) is 54.7 Å². The SMILES string of the molecule is C=C/C(=C\N=C)C1CCc2c(nc3cc(C=C)ccc3c2Cl)C1. The molecule has 23 heavy (non-hydrogen) atoms. The predicted molar refractivity (Wildman–Crippen MR) is 100 cm³/mol. The molecule has 0 fully saturated rings. The van der Waals surface area contributed by atoms with E-state index < -0.39 is 0 Å². The lowest BCUT2D eigenvalue weighted by Crippen LogP contribution is -2.17. The molecule has 0 radical (unpaired) electrons. The fourth-order valence-corrected chi connectivity index (χ4v) is 3.61. The fraction of sp³-hybridized carbons (Fsp3) is 0.200. The molecule has 0 amide bonds. The molecule has 116 valence electrons. The summed E-state index contributed by atoms with van der Waals surface area (Å²) in [5.41, 5.74) is 5.35. The minimum absolute atomic E-state index is 0.370. The third kappa shape index (κ3) is 2.87. The van der Waals surface area contributed by atoms with E-state index in [-0.39, 0.29) is 0 Å². The maximum atomic E-state index is 6.65. The molecule has 3 rings (SSSR count). The zero-order valence-electron chi connectivity index (χ0n) is 13.1. The molecular formula is C20H19ClN2. The van der Waals surface area contributed by atoms with Crippen LogP contribution >= 0.6 is 11.6 Å². The number of allylic oxidation sites excluding steroid dienone is 2. The van der Waals surface area contributed by atoms with Gasteiger partial charge in [-0.3, -0.25) is 9.98 Å². The highest BCUT2D eigenvalue weighted by atomic mass is 35.5. The molecule has 0 saturated carbocycles. The van der Waals surface area contributed by atoms with E-state index in [0.717, 1.165) is 52.0 Å². The molecule has 1 aromatic heterocycles. The average Bonchev–Trinajstić information content (AvgIpc) is 2.58. The summed E-state index contributed by atoms with van der Waals surface area (Å²) in [6, 6.07) is 6.09. The molecule has 1 heterocycles. The molecule has 2 nitrogen and oxygen atoms in total. The summed E-state index contributed by atoms with van der Waals surface area (Å²) < 4.78 is 0. The van der Waals surface area contributed by atoms with Gasteiger partial charge in [-0.15, -0.1) is 0 Å². The van der Waals surface area contributed by atoms with Crippen LogP contribution in [0.25, 0.3) is 17.0 Å². The standard InChI is InChI=1S/C20H19ClN2/c1-4-13-6-8-16-18(10-13)23-19-11-15(14(5-2)12-22-3)7-9-17(19)20(16)21/h4-6,8,10,12,15H,1-3,7,9,11H2/b14-12+. The Balaban J connectivity index is 2.08. The summed E-state index contributed by atoms with van der Waals surface area (Å²) >= 11 is 6.65. The van der Waals surface area contributed by atoms with Gasteiger partial charge in [0.2, 0.25) is 0 Å². The molecule has 1 aromatic carbocycles. The van der Waals surface area contributed by atoms with Crippen LogP contribution in [-0.4, -0.2) is 11.7 Å². The van der Waals surface area contributed by atoms with Crippen molar-refractivity contribution < 1.29 is 0 Å². The molecule has 0 aliphatic heterocycles.